The van der Waals surface area contributed by atoms with Crippen LogP contribution in [0.15, 0.2) is 60.7 Å². The van der Waals surface area contributed by atoms with Gasteiger partial charge in [-0.15, -0.1) is 0 Å². The molecule has 30 heavy (non-hydrogen) atoms. The van der Waals surface area contributed by atoms with Crippen molar-refractivity contribution in [3.05, 3.63) is 72.0 Å². The number of ether oxygens (including phenoxy) is 3. The highest BCUT2D eigenvalue weighted by Gasteiger charge is 2.51. The first-order chi connectivity index (χ1) is 14.6. The molecule has 1 fully saturated rings. The monoisotopic (exact) mass is 405 g/mol. The van der Waals surface area contributed by atoms with Crippen LogP contribution < -0.4 is 19.5 Å². The largest absolute Gasteiger partial charge is 0.496 e. The second-order valence-electron chi connectivity index (χ2n) is 7.50. The highest BCUT2D eigenvalue weighted by molar-refractivity contribution is 6.02. The third-order valence-electron chi connectivity index (χ3n) is 5.73. The predicted octanol–water partition coefficient (Wildman–Crippen LogP) is 4.90. The molecule has 3 aromatic carbocycles. The fourth-order valence-electron chi connectivity index (χ4n) is 3.89. The summed E-state index contributed by atoms with van der Waals surface area (Å²) in [7, 11) is 1.55. The molecule has 3 aromatic rings. The molecule has 0 unspecified atom stereocenters. The Kier molecular flexibility index (Phi) is 4.35. The number of benzene rings is 3. The summed E-state index contributed by atoms with van der Waals surface area (Å²) in [5.41, 5.74) is 1.84. The van der Waals surface area contributed by atoms with Gasteiger partial charge in [0.15, 0.2) is 11.5 Å². The molecule has 6 heteroatoms. The third-order valence-corrected chi connectivity index (χ3v) is 5.73. The van der Waals surface area contributed by atoms with Crippen LogP contribution in [0.2, 0.25) is 0 Å². The van der Waals surface area contributed by atoms with E-state index in [1.807, 2.05) is 30.3 Å². The maximum Gasteiger partial charge on any atom is 0.235 e. The van der Waals surface area contributed by atoms with E-state index in [0.29, 0.717) is 34.1 Å². The van der Waals surface area contributed by atoms with Gasteiger partial charge in [-0.3, -0.25) is 4.79 Å². The van der Waals surface area contributed by atoms with Crippen molar-refractivity contribution in [2.24, 2.45) is 0 Å². The lowest BCUT2D eigenvalue weighted by atomic mass is 9.94. The van der Waals surface area contributed by atoms with E-state index < -0.39 is 5.41 Å². The summed E-state index contributed by atoms with van der Waals surface area (Å²) in [4.78, 5) is 13.2. The quantitative estimate of drug-likeness (QED) is 0.656. The third kappa shape index (κ3) is 3.05. The molecule has 0 atom stereocenters. The van der Waals surface area contributed by atoms with Gasteiger partial charge in [0.1, 0.15) is 11.6 Å². The molecule has 1 N–H and O–H groups in total. The molecule has 0 radical (unpaired) electrons. The summed E-state index contributed by atoms with van der Waals surface area (Å²) < 4.78 is 30.7. The number of hydrogen-bond acceptors (Lipinski definition) is 4. The molecule has 0 spiro atoms. The number of nitrogens with one attached hydrogen (secondary N) is 1. The van der Waals surface area contributed by atoms with E-state index in [2.05, 4.69) is 5.32 Å². The molecule has 0 bridgehead atoms. The molecule has 5 nitrogen and oxygen atoms in total. The number of para-hydroxylation sites is 1. The minimum atomic E-state index is -0.597. The zero-order chi connectivity index (χ0) is 20.7. The van der Waals surface area contributed by atoms with Gasteiger partial charge >= 0.3 is 0 Å². The molecule has 0 aromatic heterocycles. The molecule has 0 saturated heterocycles. The van der Waals surface area contributed by atoms with E-state index in [1.54, 1.807) is 31.4 Å². The number of anilines is 1. The van der Waals surface area contributed by atoms with Gasteiger partial charge in [0, 0.05) is 16.8 Å². The number of rotatable bonds is 5. The summed E-state index contributed by atoms with van der Waals surface area (Å²) in [5.74, 6) is 1.43. The first-order valence-electron chi connectivity index (χ1n) is 9.75. The molecule has 5 rings (SSSR count). The van der Waals surface area contributed by atoms with Crippen LogP contribution in [0.3, 0.4) is 0 Å². The van der Waals surface area contributed by atoms with Crippen LogP contribution >= 0.6 is 0 Å². The molecular formula is C24H20FNO4. The van der Waals surface area contributed by atoms with E-state index in [4.69, 9.17) is 14.2 Å². The first-order valence-corrected chi connectivity index (χ1v) is 9.75. The number of methoxy groups -OCH3 is 1. The molecule has 1 amide bonds. The Balaban J connectivity index is 1.43. The van der Waals surface area contributed by atoms with Gasteiger partial charge in [-0.2, -0.15) is 0 Å². The average molecular weight is 405 g/mol. The van der Waals surface area contributed by atoms with E-state index in [0.717, 1.165) is 18.4 Å². The van der Waals surface area contributed by atoms with Crippen molar-refractivity contribution in [3.8, 4) is 28.4 Å². The summed E-state index contributed by atoms with van der Waals surface area (Å²) >= 11 is 0. The standard InChI is InChI=1S/C24H20FNO4/c1-28-20-5-3-2-4-17(20)18-13-16(7-8-19(18)25)26-23(27)24(10-11-24)15-6-9-21-22(12-15)30-14-29-21/h2-9,12-13H,10-11,14H2,1H3,(H,26,27). The average Bonchev–Trinajstić information content (AvgIpc) is 3.46. The van der Waals surface area contributed by atoms with Gasteiger partial charge in [0.25, 0.3) is 0 Å². The van der Waals surface area contributed by atoms with Crippen molar-refractivity contribution in [3.63, 3.8) is 0 Å². The fourth-order valence-corrected chi connectivity index (χ4v) is 3.89. The number of carbonyl (C=O) groups is 1. The van der Waals surface area contributed by atoms with Gasteiger partial charge in [-0.05, 0) is 54.8 Å². The Morgan fingerprint density at radius 3 is 2.60 bits per heavy atom. The Labute approximate surface area is 173 Å². The first kappa shape index (κ1) is 18.5. The Hall–Kier alpha value is -3.54. The smallest absolute Gasteiger partial charge is 0.235 e. The van der Waals surface area contributed by atoms with Crippen LogP contribution in [0.1, 0.15) is 18.4 Å². The number of amides is 1. The maximum absolute atomic E-state index is 14.6. The second-order valence-corrected chi connectivity index (χ2v) is 7.50. The molecular weight excluding hydrogens is 385 g/mol. The lowest BCUT2D eigenvalue weighted by Gasteiger charge is -2.17. The van der Waals surface area contributed by atoms with E-state index in [-0.39, 0.29) is 18.5 Å². The van der Waals surface area contributed by atoms with Gasteiger partial charge in [0.05, 0.1) is 12.5 Å². The van der Waals surface area contributed by atoms with Crippen molar-refractivity contribution >= 4 is 11.6 Å². The summed E-state index contributed by atoms with van der Waals surface area (Å²) in [6, 6.07) is 17.4. The van der Waals surface area contributed by atoms with Crippen LogP contribution in [0.5, 0.6) is 17.2 Å². The molecule has 1 aliphatic heterocycles. The summed E-state index contributed by atoms with van der Waals surface area (Å²) in [6.07, 6.45) is 1.50. The Bertz CT molecular complexity index is 1140. The highest BCUT2D eigenvalue weighted by atomic mass is 19.1. The minimum Gasteiger partial charge on any atom is -0.496 e. The fraction of sp³-hybridized carbons (Fsp3) is 0.208. The molecule has 1 heterocycles. The zero-order valence-electron chi connectivity index (χ0n) is 16.4. The Morgan fingerprint density at radius 1 is 1.00 bits per heavy atom. The zero-order valence-corrected chi connectivity index (χ0v) is 16.4. The van der Waals surface area contributed by atoms with Crippen molar-refractivity contribution < 1.29 is 23.4 Å². The van der Waals surface area contributed by atoms with Gasteiger partial charge in [-0.1, -0.05) is 24.3 Å². The number of carbonyl (C=O) groups excluding carboxylic acids is 1. The van der Waals surface area contributed by atoms with Crippen LogP contribution in [0.25, 0.3) is 11.1 Å². The lowest BCUT2D eigenvalue weighted by molar-refractivity contribution is -0.118. The maximum atomic E-state index is 14.6. The predicted molar refractivity (Wildman–Crippen MR) is 110 cm³/mol. The normalized spacial score (nSPS) is 15.5. The number of hydrogen-bond donors (Lipinski definition) is 1. The van der Waals surface area contributed by atoms with Crippen LogP contribution in [0.4, 0.5) is 10.1 Å². The van der Waals surface area contributed by atoms with Gasteiger partial charge < -0.3 is 19.5 Å². The van der Waals surface area contributed by atoms with Gasteiger partial charge in [-0.25, -0.2) is 4.39 Å². The van der Waals surface area contributed by atoms with Crippen LogP contribution in [-0.2, 0) is 10.2 Å². The van der Waals surface area contributed by atoms with E-state index in [1.165, 1.54) is 6.07 Å². The number of halogens is 1. The van der Waals surface area contributed by atoms with Crippen molar-refractivity contribution in [2.45, 2.75) is 18.3 Å². The number of fused-ring (bicyclic) bond motifs is 1. The summed E-state index contributed by atoms with van der Waals surface area (Å²) in [6.45, 7) is 0.194. The van der Waals surface area contributed by atoms with Crippen molar-refractivity contribution in [1.82, 2.24) is 0 Å². The second kappa shape index (κ2) is 7.06. The van der Waals surface area contributed by atoms with Crippen molar-refractivity contribution in [2.75, 3.05) is 19.2 Å². The van der Waals surface area contributed by atoms with Crippen molar-refractivity contribution in [1.29, 1.82) is 0 Å². The summed E-state index contributed by atoms with van der Waals surface area (Å²) in [5, 5.41) is 2.97. The molecule has 1 saturated carbocycles. The molecule has 1 aliphatic carbocycles. The van der Waals surface area contributed by atoms with Gasteiger partial charge in [0.2, 0.25) is 12.7 Å². The van der Waals surface area contributed by atoms with E-state index >= 15 is 0 Å². The SMILES string of the molecule is COc1ccccc1-c1cc(NC(=O)C2(c3ccc4c(c3)OCO4)CC2)ccc1F. The minimum absolute atomic E-state index is 0.112. The molecule has 152 valence electrons. The van der Waals surface area contributed by atoms with Crippen LogP contribution in [-0.4, -0.2) is 19.8 Å². The van der Waals surface area contributed by atoms with E-state index in [9.17, 15) is 9.18 Å². The lowest BCUT2D eigenvalue weighted by Crippen LogP contribution is -2.27. The molecule has 2 aliphatic rings. The Morgan fingerprint density at radius 2 is 1.80 bits per heavy atom. The highest BCUT2D eigenvalue weighted by Crippen LogP contribution is 2.51. The van der Waals surface area contributed by atoms with Crippen LogP contribution in [0, 0.1) is 5.82 Å². The topological polar surface area (TPSA) is 56.8 Å².